The monoisotopic (exact) mass is 235 g/mol. The first-order valence-corrected chi connectivity index (χ1v) is 5.18. The molecular formula is C11H13N3O3. The van der Waals surface area contributed by atoms with Crippen LogP contribution in [0, 0.1) is 0 Å². The summed E-state index contributed by atoms with van der Waals surface area (Å²) in [6.45, 7) is -0.383. The first kappa shape index (κ1) is 11.6. The number of aromatic nitrogens is 2. The third kappa shape index (κ3) is 2.13. The van der Waals surface area contributed by atoms with Crippen LogP contribution in [-0.4, -0.2) is 38.4 Å². The average molecular weight is 235 g/mol. The summed E-state index contributed by atoms with van der Waals surface area (Å²) < 4.78 is 1.53. The Kier molecular flexibility index (Phi) is 3.08. The summed E-state index contributed by atoms with van der Waals surface area (Å²) in [6, 6.07) is 5.27. The molecule has 0 aromatic carbocycles. The second-order valence-electron chi connectivity index (χ2n) is 3.76. The third-order valence-corrected chi connectivity index (χ3v) is 2.50. The number of carbonyl (C=O) groups excluding carboxylic acids is 1. The molecule has 0 radical (unpaired) electrons. The summed E-state index contributed by atoms with van der Waals surface area (Å²) in [5.74, 6) is -0.591. The zero-order valence-corrected chi connectivity index (χ0v) is 9.08. The third-order valence-electron chi connectivity index (χ3n) is 2.50. The maximum Gasteiger partial charge on any atom is 0.252 e. The Morgan fingerprint density at radius 1 is 1.53 bits per heavy atom. The second kappa shape index (κ2) is 4.52. The molecule has 0 bridgehead atoms. The number of hydrogen-bond acceptors (Lipinski definition) is 4. The predicted molar refractivity (Wildman–Crippen MR) is 60.5 cm³/mol. The maximum absolute atomic E-state index is 11.4. The van der Waals surface area contributed by atoms with Crippen LogP contribution in [0.15, 0.2) is 24.4 Å². The van der Waals surface area contributed by atoms with E-state index in [0.717, 1.165) is 0 Å². The smallest absolute Gasteiger partial charge is 0.252 e. The highest BCUT2D eigenvalue weighted by Gasteiger charge is 2.19. The van der Waals surface area contributed by atoms with Gasteiger partial charge in [0.2, 0.25) is 0 Å². The van der Waals surface area contributed by atoms with Gasteiger partial charge < -0.3 is 15.9 Å². The molecule has 2 aromatic rings. The lowest BCUT2D eigenvalue weighted by Crippen LogP contribution is -2.19. The summed E-state index contributed by atoms with van der Waals surface area (Å²) in [4.78, 5) is 11.4. The van der Waals surface area contributed by atoms with Crippen molar-refractivity contribution in [1.82, 2.24) is 9.61 Å². The van der Waals surface area contributed by atoms with Crippen molar-refractivity contribution in [3.05, 3.63) is 35.7 Å². The number of primary amides is 1. The van der Waals surface area contributed by atoms with E-state index < -0.39 is 12.0 Å². The molecule has 4 N–H and O–H groups in total. The number of rotatable bonds is 4. The molecule has 90 valence electrons. The standard InChI is InChI=1S/C11H13N3O3/c12-11(17)10-8(5-7(16)6-15)13-14-4-2-1-3-9(10)14/h1-4,7,15-16H,5-6H2,(H2,12,17)/t7-/m0/s1. The lowest BCUT2D eigenvalue weighted by molar-refractivity contribution is 0.0934. The van der Waals surface area contributed by atoms with Crippen LogP contribution in [0.2, 0.25) is 0 Å². The zero-order valence-electron chi connectivity index (χ0n) is 9.08. The Bertz CT molecular complexity index is 550. The second-order valence-corrected chi connectivity index (χ2v) is 3.76. The largest absolute Gasteiger partial charge is 0.394 e. The van der Waals surface area contributed by atoms with Crippen LogP contribution in [0.4, 0.5) is 0 Å². The van der Waals surface area contributed by atoms with Gasteiger partial charge in [0.15, 0.2) is 0 Å². The van der Waals surface area contributed by atoms with Crippen molar-refractivity contribution in [2.75, 3.05) is 6.61 Å². The normalized spacial score (nSPS) is 12.8. The van der Waals surface area contributed by atoms with Gasteiger partial charge in [-0.15, -0.1) is 0 Å². The van der Waals surface area contributed by atoms with Gasteiger partial charge >= 0.3 is 0 Å². The molecule has 0 saturated heterocycles. The van der Waals surface area contributed by atoms with E-state index in [1.807, 2.05) is 0 Å². The van der Waals surface area contributed by atoms with E-state index >= 15 is 0 Å². The zero-order chi connectivity index (χ0) is 12.4. The van der Waals surface area contributed by atoms with Crippen LogP contribution in [0.25, 0.3) is 5.52 Å². The minimum absolute atomic E-state index is 0.0937. The maximum atomic E-state index is 11.4. The Morgan fingerprint density at radius 2 is 2.29 bits per heavy atom. The number of nitrogens with zero attached hydrogens (tertiary/aromatic N) is 2. The van der Waals surface area contributed by atoms with E-state index in [0.29, 0.717) is 11.2 Å². The number of aliphatic hydroxyl groups is 2. The Hall–Kier alpha value is -1.92. The molecule has 17 heavy (non-hydrogen) atoms. The molecule has 0 fully saturated rings. The van der Waals surface area contributed by atoms with Crippen molar-refractivity contribution in [3.63, 3.8) is 0 Å². The number of pyridine rings is 1. The summed E-state index contributed by atoms with van der Waals surface area (Å²) >= 11 is 0. The molecule has 2 rings (SSSR count). The van der Waals surface area contributed by atoms with Crippen LogP contribution in [-0.2, 0) is 6.42 Å². The molecular weight excluding hydrogens is 222 g/mol. The van der Waals surface area contributed by atoms with Crippen molar-refractivity contribution in [2.45, 2.75) is 12.5 Å². The number of aliphatic hydroxyl groups excluding tert-OH is 2. The number of carbonyl (C=O) groups is 1. The lowest BCUT2D eigenvalue weighted by atomic mass is 10.1. The van der Waals surface area contributed by atoms with Crippen molar-refractivity contribution in [1.29, 1.82) is 0 Å². The van der Waals surface area contributed by atoms with Crippen LogP contribution >= 0.6 is 0 Å². The van der Waals surface area contributed by atoms with Crippen LogP contribution in [0.5, 0.6) is 0 Å². The van der Waals surface area contributed by atoms with Crippen molar-refractivity contribution in [3.8, 4) is 0 Å². The molecule has 6 heteroatoms. The molecule has 0 unspecified atom stereocenters. The van der Waals surface area contributed by atoms with E-state index in [9.17, 15) is 9.90 Å². The van der Waals surface area contributed by atoms with Gasteiger partial charge in [-0.3, -0.25) is 4.79 Å². The highest BCUT2D eigenvalue weighted by molar-refractivity contribution is 6.00. The van der Waals surface area contributed by atoms with Crippen molar-refractivity contribution in [2.24, 2.45) is 5.73 Å². The fourth-order valence-corrected chi connectivity index (χ4v) is 1.75. The van der Waals surface area contributed by atoms with E-state index in [1.54, 1.807) is 24.4 Å². The van der Waals surface area contributed by atoms with Crippen LogP contribution in [0.3, 0.4) is 0 Å². The summed E-state index contributed by atoms with van der Waals surface area (Å²) in [7, 11) is 0. The molecule has 0 spiro atoms. The average Bonchev–Trinajstić information content (AvgIpc) is 2.66. The van der Waals surface area contributed by atoms with Crippen LogP contribution < -0.4 is 5.73 Å². The first-order chi connectivity index (χ1) is 8.13. The predicted octanol–water partition coefficient (Wildman–Crippen LogP) is -0.671. The van der Waals surface area contributed by atoms with Crippen LogP contribution in [0.1, 0.15) is 16.1 Å². The van der Waals surface area contributed by atoms with Gasteiger partial charge in [-0.2, -0.15) is 5.10 Å². The van der Waals surface area contributed by atoms with Gasteiger partial charge in [0.05, 0.1) is 29.5 Å². The molecule has 1 atom stereocenters. The Balaban J connectivity index is 2.54. The van der Waals surface area contributed by atoms with Crippen molar-refractivity contribution >= 4 is 11.4 Å². The van der Waals surface area contributed by atoms with Gasteiger partial charge in [0.1, 0.15) is 0 Å². The molecule has 0 aliphatic heterocycles. The van der Waals surface area contributed by atoms with Gasteiger partial charge in [-0.25, -0.2) is 4.52 Å². The van der Waals surface area contributed by atoms with E-state index in [-0.39, 0.29) is 18.6 Å². The number of nitrogens with two attached hydrogens (primary N) is 1. The lowest BCUT2D eigenvalue weighted by Gasteiger charge is -2.04. The minimum atomic E-state index is -0.946. The Labute approximate surface area is 97.3 Å². The fourth-order valence-electron chi connectivity index (χ4n) is 1.75. The first-order valence-electron chi connectivity index (χ1n) is 5.18. The number of hydrogen-bond donors (Lipinski definition) is 3. The van der Waals surface area contributed by atoms with E-state index in [2.05, 4.69) is 5.10 Å². The molecule has 0 aliphatic carbocycles. The molecule has 2 aromatic heterocycles. The summed E-state index contributed by atoms with van der Waals surface area (Å²) in [5.41, 5.74) is 6.59. The molecule has 6 nitrogen and oxygen atoms in total. The highest BCUT2D eigenvalue weighted by atomic mass is 16.3. The van der Waals surface area contributed by atoms with Gasteiger partial charge in [-0.05, 0) is 12.1 Å². The Morgan fingerprint density at radius 3 is 2.94 bits per heavy atom. The van der Waals surface area contributed by atoms with Gasteiger partial charge in [0.25, 0.3) is 5.91 Å². The van der Waals surface area contributed by atoms with Gasteiger partial charge in [0, 0.05) is 12.6 Å². The number of fused-ring (bicyclic) bond motifs is 1. The van der Waals surface area contributed by atoms with E-state index in [1.165, 1.54) is 4.52 Å². The summed E-state index contributed by atoms with van der Waals surface area (Å²) in [5, 5.41) is 22.4. The SMILES string of the molecule is NC(=O)c1c(C[C@H](O)CO)nn2ccccc12. The molecule has 1 amide bonds. The van der Waals surface area contributed by atoms with Gasteiger partial charge in [-0.1, -0.05) is 6.07 Å². The molecule has 2 heterocycles. The molecule has 0 saturated carbocycles. The quantitative estimate of drug-likeness (QED) is 0.654. The summed E-state index contributed by atoms with van der Waals surface area (Å²) in [6.07, 6.45) is 0.838. The fraction of sp³-hybridized carbons (Fsp3) is 0.273. The van der Waals surface area contributed by atoms with E-state index in [4.69, 9.17) is 10.8 Å². The highest BCUT2D eigenvalue weighted by Crippen LogP contribution is 2.16. The number of amides is 1. The molecule has 0 aliphatic rings. The van der Waals surface area contributed by atoms with Crippen molar-refractivity contribution < 1.29 is 15.0 Å². The topological polar surface area (TPSA) is 101 Å². The minimum Gasteiger partial charge on any atom is -0.394 e.